The lowest BCUT2D eigenvalue weighted by atomic mass is 9.89. The number of ether oxygens (including phenoxy) is 1. The van der Waals surface area contributed by atoms with Gasteiger partial charge in [-0.05, 0) is 123 Å². The molecule has 6 heterocycles. The number of piperazine rings is 1. The zero-order valence-electron chi connectivity index (χ0n) is 40.6. The zero-order valence-corrected chi connectivity index (χ0v) is 43.1. The van der Waals surface area contributed by atoms with Crippen LogP contribution in [0.2, 0.25) is 0 Å². The number of carbonyl (C=O) groups is 3. The fourth-order valence-corrected chi connectivity index (χ4v) is 12.5. The second-order valence-electron chi connectivity index (χ2n) is 20.0. The molecule has 1 aliphatic carbocycles. The fourth-order valence-electron chi connectivity index (χ4n) is 10.8. The van der Waals surface area contributed by atoms with Gasteiger partial charge in [0, 0.05) is 110 Å². The minimum absolute atomic E-state index is 0.0273. The van der Waals surface area contributed by atoms with Gasteiger partial charge in [-0.2, -0.15) is 4.98 Å². The number of pyridine rings is 1. The van der Waals surface area contributed by atoms with Crippen molar-refractivity contribution in [1.82, 2.24) is 30.1 Å². The number of fused-ring (bicyclic) bond motifs is 1. The molecule has 4 saturated heterocycles. The number of imide groups is 1. The van der Waals surface area contributed by atoms with Gasteiger partial charge in [0.25, 0.3) is 0 Å². The van der Waals surface area contributed by atoms with E-state index >= 15 is 8.78 Å². The van der Waals surface area contributed by atoms with Crippen LogP contribution >= 0.6 is 23.1 Å². The van der Waals surface area contributed by atoms with E-state index in [0.717, 1.165) is 91.6 Å². The van der Waals surface area contributed by atoms with Gasteiger partial charge in [0.15, 0.2) is 0 Å². The lowest BCUT2D eigenvalue weighted by molar-refractivity contribution is -0.137. The third-order valence-corrected chi connectivity index (χ3v) is 16.8. The van der Waals surface area contributed by atoms with Gasteiger partial charge >= 0.3 is 0 Å². The summed E-state index contributed by atoms with van der Waals surface area (Å²) in [6.07, 6.45) is 7.34. The maximum absolute atomic E-state index is 15.3. The largest absolute Gasteiger partial charge is 0.488 e. The van der Waals surface area contributed by atoms with Crippen LogP contribution in [-0.4, -0.2) is 120 Å². The summed E-state index contributed by atoms with van der Waals surface area (Å²) < 4.78 is 51.6. The maximum Gasteiger partial charge on any atom is 0.234 e. The van der Waals surface area contributed by atoms with Gasteiger partial charge in [-0.1, -0.05) is 13.0 Å². The molecule has 10 rings (SSSR count). The first-order chi connectivity index (χ1) is 34.1. The lowest BCUT2D eigenvalue weighted by Crippen LogP contribution is -2.55. The van der Waals surface area contributed by atoms with Crippen LogP contribution in [0.5, 0.6) is 5.75 Å². The summed E-state index contributed by atoms with van der Waals surface area (Å²) in [5.74, 6) is -2.35. The summed E-state index contributed by atoms with van der Waals surface area (Å²) >= 11 is 3.64. The molecule has 0 bridgehead atoms. The van der Waals surface area contributed by atoms with Crippen LogP contribution in [0, 0.1) is 24.5 Å². The molecule has 71 heavy (non-hydrogen) atoms. The third kappa shape index (κ3) is 10.5. The normalized spacial score (nSPS) is 20.4. The first-order valence-electron chi connectivity index (χ1n) is 24.8. The second-order valence-corrected chi connectivity index (χ2v) is 24.0. The minimum Gasteiger partial charge on any atom is -0.488 e. The summed E-state index contributed by atoms with van der Waals surface area (Å²) in [5, 5.41) is 10.7. The number of carbonyl (C=O) groups excluding carboxylic acids is 3. The average molecular weight is 1050 g/mol. The van der Waals surface area contributed by atoms with Crippen molar-refractivity contribution < 1.29 is 32.5 Å². The maximum atomic E-state index is 15.3. The average Bonchev–Trinajstić information content (AvgIpc) is 4.03. The number of hydrogen-bond donors (Lipinski definition) is 3. The number of rotatable bonds is 13. The Morgan fingerprint density at radius 2 is 1.61 bits per heavy atom. The molecule has 15 nitrogen and oxygen atoms in total. The van der Waals surface area contributed by atoms with Gasteiger partial charge in [0.05, 0.1) is 39.3 Å². The number of amides is 3. The van der Waals surface area contributed by atoms with Crippen molar-refractivity contribution >= 4 is 91.5 Å². The van der Waals surface area contributed by atoms with Crippen LogP contribution in [0.25, 0.3) is 10.9 Å². The SMILES string of the molecule is CCc1cc(Nc2ncc(Br)c(Nc3ccc4nc(C)ccc4c3P(C)(C)=O)n2)c(OC2CC2)cc1N1CCC(N2CCN(C(=O)[C@@H]3CCN(c4cc(F)c([C@H]5CCC(=O)NC5=O)c(F)c4)C3)CC2)CC1. The highest BCUT2D eigenvalue weighted by atomic mass is 79.9. The second kappa shape index (κ2) is 20.1. The molecule has 3 aromatic carbocycles. The van der Waals surface area contributed by atoms with E-state index in [1.54, 1.807) is 19.5 Å². The molecule has 0 radical (unpaired) electrons. The Balaban J connectivity index is 0.759. The van der Waals surface area contributed by atoms with Crippen LogP contribution in [0.3, 0.4) is 0 Å². The highest BCUT2D eigenvalue weighted by molar-refractivity contribution is 9.10. The Hall–Kier alpha value is -5.71. The molecule has 19 heteroatoms. The minimum atomic E-state index is -2.75. The number of aryl methyl sites for hydroxylation is 2. The van der Waals surface area contributed by atoms with E-state index in [2.05, 4.69) is 70.7 Å². The van der Waals surface area contributed by atoms with E-state index in [0.29, 0.717) is 66.3 Å². The zero-order chi connectivity index (χ0) is 49.7. The molecule has 3 N–H and O–H groups in total. The predicted octanol–water partition coefficient (Wildman–Crippen LogP) is 8.37. The van der Waals surface area contributed by atoms with Gasteiger partial charge in [-0.3, -0.25) is 29.6 Å². The number of benzene rings is 3. The van der Waals surface area contributed by atoms with Crippen molar-refractivity contribution in [3.8, 4) is 5.75 Å². The van der Waals surface area contributed by atoms with Crippen LogP contribution in [0.15, 0.2) is 59.2 Å². The first kappa shape index (κ1) is 48.9. The molecule has 2 aromatic heterocycles. The quantitative estimate of drug-likeness (QED) is 0.0762. The Labute approximate surface area is 421 Å². The number of piperidine rings is 2. The Bertz CT molecular complexity index is 2930. The van der Waals surface area contributed by atoms with Gasteiger partial charge in [0.1, 0.15) is 30.3 Å². The molecule has 5 fully saturated rings. The number of halogens is 3. The molecule has 5 aromatic rings. The van der Waals surface area contributed by atoms with Crippen LogP contribution in [-0.2, 0) is 25.4 Å². The summed E-state index contributed by atoms with van der Waals surface area (Å²) in [7, 11) is -2.75. The van der Waals surface area contributed by atoms with Crippen LogP contribution in [0.4, 0.5) is 43.3 Å². The Morgan fingerprint density at radius 1 is 0.873 bits per heavy atom. The molecule has 4 aliphatic heterocycles. The topological polar surface area (TPSA) is 165 Å². The smallest absolute Gasteiger partial charge is 0.234 e. The molecule has 374 valence electrons. The van der Waals surface area contributed by atoms with Crippen molar-refractivity contribution in [3.63, 3.8) is 0 Å². The molecule has 0 spiro atoms. The van der Waals surface area contributed by atoms with Crippen molar-refractivity contribution in [3.05, 3.63) is 87.7 Å². The number of nitrogens with zero attached hydrogens (tertiary/aromatic N) is 7. The number of hydrogen-bond acceptors (Lipinski definition) is 13. The summed E-state index contributed by atoms with van der Waals surface area (Å²) in [4.78, 5) is 60.7. The molecular formula is C52H60BrF2N10O5P. The molecule has 3 amide bonds. The lowest BCUT2D eigenvalue weighted by Gasteiger charge is -2.44. The molecular weight excluding hydrogens is 994 g/mol. The van der Waals surface area contributed by atoms with E-state index < -0.39 is 36.5 Å². The van der Waals surface area contributed by atoms with Gasteiger partial charge < -0.3 is 34.6 Å². The van der Waals surface area contributed by atoms with Crippen molar-refractivity contribution in [2.45, 2.75) is 83.3 Å². The van der Waals surface area contributed by atoms with Gasteiger partial charge in [0.2, 0.25) is 23.7 Å². The number of nitrogens with one attached hydrogen (secondary N) is 3. The highest BCUT2D eigenvalue weighted by Crippen LogP contribution is 2.43. The standard InChI is InChI=1S/C52H60BrF2N10O5P/c1-5-31-24-43(59-52-56-28-38(53)49(61-52)58-42-12-11-41-36(9-6-30(2)57-41)48(42)71(3,4)69)45(70-35-7-8-35)27-44(31)63-18-15-33(16-19-63)62-20-22-64(23-21-62)51(68)32-14-17-65(29-32)34-25-39(54)47(40(55)26-34)37-10-13-46(66)60-50(37)67/h6,9,11-12,24-28,32-33,35,37H,5,7-8,10,13-23,29H2,1-4H3,(H,60,66,67)(H2,56,58,59,61)/t32-,37-/m1/s1. The van der Waals surface area contributed by atoms with Gasteiger partial charge in [-0.25, -0.2) is 13.8 Å². The molecule has 0 unspecified atom stereocenters. The summed E-state index contributed by atoms with van der Waals surface area (Å²) in [6, 6.07) is 15.0. The van der Waals surface area contributed by atoms with E-state index in [-0.39, 0.29) is 36.3 Å². The van der Waals surface area contributed by atoms with Crippen molar-refractivity contribution in [2.24, 2.45) is 5.92 Å². The van der Waals surface area contributed by atoms with E-state index in [1.165, 1.54) is 23.4 Å². The third-order valence-electron chi connectivity index (χ3n) is 14.6. The van der Waals surface area contributed by atoms with E-state index in [4.69, 9.17) is 9.72 Å². The molecule has 2 atom stereocenters. The Kier molecular flexibility index (Phi) is 13.8. The first-order valence-corrected chi connectivity index (χ1v) is 28.2. The molecule has 1 saturated carbocycles. The number of anilines is 6. The van der Waals surface area contributed by atoms with Gasteiger partial charge in [-0.15, -0.1) is 0 Å². The van der Waals surface area contributed by atoms with Crippen LogP contribution < -0.4 is 35.8 Å². The highest BCUT2D eigenvalue weighted by Gasteiger charge is 2.37. The fraction of sp³-hybridized carbons (Fsp3) is 0.462. The summed E-state index contributed by atoms with van der Waals surface area (Å²) in [6.45, 7) is 13.1. The van der Waals surface area contributed by atoms with E-state index in [1.807, 2.05) is 41.0 Å². The van der Waals surface area contributed by atoms with Crippen LogP contribution in [0.1, 0.15) is 74.6 Å². The Morgan fingerprint density at radius 3 is 2.30 bits per heavy atom. The van der Waals surface area contributed by atoms with Crippen molar-refractivity contribution in [2.75, 3.05) is 86.1 Å². The van der Waals surface area contributed by atoms with Crippen molar-refractivity contribution in [1.29, 1.82) is 0 Å². The predicted molar refractivity (Wildman–Crippen MR) is 277 cm³/mol. The van der Waals surface area contributed by atoms with E-state index in [9.17, 15) is 18.9 Å². The number of aromatic nitrogens is 3. The monoisotopic (exact) mass is 1050 g/mol. The summed E-state index contributed by atoms with van der Waals surface area (Å²) in [5.41, 5.74) is 5.56. The molecule has 5 aliphatic rings.